The number of benzene rings is 5. The molecule has 1 fully saturated rings. The van der Waals surface area contributed by atoms with E-state index in [4.69, 9.17) is 4.98 Å². The molecule has 0 N–H and O–H groups in total. The predicted molar refractivity (Wildman–Crippen MR) is 248 cm³/mol. The van der Waals surface area contributed by atoms with Crippen molar-refractivity contribution in [1.29, 1.82) is 0 Å². The van der Waals surface area contributed by atoms with Gasteiger partial charge in [-0.2, -0.15) is 11.3 Å². The molecule has 5 heteroatoms. The van der Waals surface area contributed by atoms with Gasteiger partial charge in [0, 0.05) is 37.2 Å². The Morgan fingerprint density at radius 3 is 2.17 bits per heavy atom. The Morgan fingerprint density at radius 2 is 1.43 bits per heavy atom. The molecule has 0 bridgehead atoms. The van der Waals surface area contributed by atoms with Gasteiger partial charge < -0.3 is 9.97 Å². The standard InChI is InChI=1S/C35H28NS.C18H24NSi.Ir/c1-2-10-26(11-3-1)27-12-6-13-28(22-27)29-16-17-30-31-14-7-15-32(35(31)37-34(30)23-29)33-21-25(18-19-36-33)20-24-8-4-5-9-24;1-14(2)11-16-12-17(15-9-7-6-8-10-15)19-13-18(16)20(3,4)5;/h1-3,6-7,10-14,16-19,21-24H,4-5,8-9,20H2;6-9,12-14H,11H2,1-5H3;/q2*-1;. The predicted octanol–water partition coefficient (Wildman–Crippen LogP) is 14.3. The van der Waals surface area contributed by atoms with Crippen molar-refractivity contribution in [3.05, 3.63) is 163 Å². The van der Waals surface area contributed by atoms with E-state index < -0.39 is 8.07 Å². The van der Waals surface area contributed by atoms with E-state index >= 15 is 0 Å². The summed E-state index contributed by atoms with van der Waals surface area (Å²) in [4.78, 5) is 9.47. The molecule has 1 aliphatic carbocycles. The van der Waals surface area contributed by atoms with Crippen LogP contribution in [0.3, 0.4) is 0 Å². The minimum atomic E-state index is -1.34. The molecular weight excluding hydrogens is 917 g/mol. The van der Waals surface area contributed by atoms with Gasteiger partial charge in [0.2, 0.25) is 0 Å². The van der Waals surface area contributed by atoms with Gasteiger partial charge in [-0.25, -0.2) is 0 Å². The van der Waals surface area contributed by atoms with Gasteiger partial charge in [-0.15, -0.1) is 59.7 Å². The van der Waals surface area contributed by atoms with E-state index in [1.54, 1.807) is 0 Å². The zero-order valence-electron chi connectivity index (χ0n) is 34.3. The fourth-order valence-electron chi connectivity index (χ4n) is 8.39. The smallest absolute Gasteiger partial charge is 0.0798 e. The number of fused-ring (bicyclic) bond motifs is 3. The molecular formula is C53H52IrN2SSi-2. The second kappa shape index (κ2) is 18.6. The molecule has 9 rings (SSSR count). The molecule has 3 heterocycles. The van der Waals surface area contributed by atoms with E-state index in [1.165, 1.54) is 90.8 Å². The molecule has 0 aliphatic heterocycles. The first-order valence-electron chi connectivity index (χ1n) is 20.6. The Morgan fingerprint density at radius 1 is 0.690 bits per heavy atom. The van der Waals surface area contributed by atoms with Crippen LogP contribution in [0.2, 0.25) is 19.6 Å². The number of aromatic nitrogens is 2. The first-order valence-corrected chi connectivity index (χ1v) is 25.0. The SMILES string of the molecule is CC(C)Cc1cc(-c2[c-]cccc2)ncc1[Si](C)(C)C.[Ir].[c-]1ccc2c(sc3cc(-c4cccc(-c5ccccc5)c4)ccc32)c1-c1cc(CC2CCCC2)ccn1. The molecule has 1 saturated carbocycles. The normalized spacial score (nSPS) is 13.1. The van der Waals surface area contributed by atoms with Crippen molar-refractivity contribution in [2.24, 2.45) is 11.8 Å². The topological polar surface area (TPSA) is 25.8 Å². The van der Waals surface area contributed by atoms with Crippen molar-refractivity contribution in [2.45, 2.75) is 72.0 Å². The van der Waals surface area contributed by atoms with E-state index in [0.29, 0.717) is 5.92 Å². The summed E-state index contributed by atoms with van der Waals surface area (Å²) in [5.41, 5.74) is 12.2. The summed E-state index contributed by atoms with van der Waals surface area (Å²) in [7, 11) is -1.34. The Labute approximate surface area is 364 Å². The summed E-state index contributed by atoms with van der Waals surface area (Å²) in [5, 5.41) is 4.09. The van der Waals surface area contributed by atoms with Crippen LogP contribution in [-0.2, 0) is 32.9 Å². The first kappa shape index (κ1) is 41.6. The number of rotatable bonds is 9. The molecule has 5 aromatic carbocycles. The molecule has 3 aromatic heterocycles. The summed E-state index contributed by atoms with van der Waals surface area (Å²) in [6, 6.07) is 52.2. The van der Waals surface area contributed by atoms with Gasteiger partial charge in [-0.3, -0.25) is 0 Å². The van der Waals surface area contributed by atoms with E-state index in [9.17, 15) is 0 Å². The first-order chi connectivity index (χ1) is 27.7. The number of nitrogens with zero attached hydrogens (tertiary/aromatic N) is 2. The van der Waals surface area contributed by atoms with E-state index in [-0.39, 0.29) is 20.1 Å². The molecule has 1 radical (unpaired) electrons. The zero-order chi connectivity index (χ0) is 39.4. The van der Waals surface area contributed by atoms with Crippen LogP contribution >= 0.6 is 11.3 Å². The largest absolute Gasteiger partial charge is 0.305 e. The maximum Gasteiger partial charge on any atom is 0.0798 e. The average molecular weight is 969 g/mol. The molecule has 0 amide bonds. The van der Waals surface area contributed by atoms with Crippen LogP contribution in [0.15, 0.2) is 140 Å². The second-order valence-electron chi connectivity index (χ2n) is 17.1. The third-order valence-corrected chi connectivity index (χ3v) is 14.5. The van der Waals surface area contributed by atoms with Gasteiger partial charge in [0.25, 0.3) is 0 Å². The molecule has 58 heavy (non-hydrogen) atoms. The molecule has 0 saturated heterocycles. The zero-order valence-corrected chi connectivity index (χ0v) is 38.5. The monoisotopic (exact) mass is 969 g/mol. The summed E-state index contributed by atoms with van der Waals surface area (Å²) < 4.78 is 2.58. The van der Waals surface area contributed by atoms with Crippen LogP contribution < -0.4 is 5.19 Å². The number of thiophene rings is 1. The molecule has 0 atom stereocenters. The Bertz CT molecular complexity index is 2600. The van der Waals surface area contributed by atoms with E-state index in [2.05, 4.69) is 166 Å². The summed E-state index contributed by atoms with van der Waals surface area (Å²) in [5.74, 6) is 1.50. The van der Waals surface area contributed by atoms with Crippen molar-refractivity contribution in [3.63, 3.8) is 0 Å². The van der Waals surface area contributed by atoms with Crippen molar-refractivity contribution in [1.82, 2.24) is 9.97 Å². The van der Waals surface area contributed by atoms with Crippen molar-refractivity contribution >= 4 is 44.8 Å². The van der Waals surface area contributed by atoms with E-state index in [1.807, 2.05) is 35.7 Å². The minimum absolute atomic E-state index is 0. The van der Waals surface area contributed by atoms with Gasteiger partial charge in [-0.1, -0.05) is 148 Å². The van der Waals surface area contributed by atoms with Crippen LogP contribution in [0.25, 0.3) is 64.9 Å². The third-order valence-electron chi connectivity index (χ3n) is 11.2. The maximum absolute atomic E-state index is 4.78. The third kappa shape index (κ3) is 9.67. The Kier molecular flexibility index (Phi) is 13.4. The average Bonchev–Trinajstić information content (AvgIpc) is 3.89. The quantitative estimate of drug-likeness (QED) is 0.106. The van der Waals surface area contributed by atoms with Gasteiger partial charge in [0.15, 0.2) is 0 Å². The number of hydrogen-bond acceptors (Lipinski definition) is 3. The van der Waals surface area contributed by atoms with Crippen molar-refractivity contribution in [2.75, 3.05) is 0 Å². The Balaban J connectivity index is 0.000000208. The van der Waals surface area contributed by atoms with E-state index in [0.717, 1.165) is 34.9 Å². The van der Waals surface area contributed by atoms with Gasteiger partial charge in [0.1, 0.15) is 0 Å². The molecule has 1 aliphatic rings. The van der Waals surface area contributed by atoms with Crippen LogP contribution in [0, 0.1) is 24.0 Å². The number of hydrogen-bond donors (Lipinski definition) is 0. The fourth-order valence-corrected chi connectivity index (χ4v) is 11.2. The Hall–Kier alpha value is -4.51. The van der Waals surface area contributed by atoms with Gasteiger partial charge in [0.05, 0.1) is 8.07 Å². The molecule has 295 valence electrons. The molecule has 8 aromatic rings. The molecule has 0 spiro atoms. The van der Waals surface area contributed by atoms with Crippen LogP contribution in [0.1, 0.15) is 50.7 Å². The molecule has 0 unspecified atom stereocenters. The van der Waals surface area contributed by atoms with Gasteiger partial charge in [-0.05, 0) is 91.8 Å². The van der Waals surface area contributed by atoms with Crippen LogP contribution in [-0.4, -0.2) is 18.0 Å². The van der Waals surface area contributed by atoms with Crippen molar-refractivity contribution < 1.29 is 20.1 Å². The fraction of sp³-hybridized carbons (Fsp3) is 0.245. The summed E-state index contributed by atoms with van der Waals surface area (Å²) in [6.07, 6.45) is 11.9. The van der Waals surface area contributed by atoms with Crippen molar-refractivity contribution in [3.8, 4) is 44.8 Å². The molecule has 2 nitrogen and oxygen atoms in total. The summed E-state index contributed by atoms with van der Waals surface area (Å²) >= 11 is 1.86. The van der Waals surface area contributed by atoms with Crippen LogP contribution in [0.5, 0.6) is 0 Å². The van der Waals surface area contributed by atoms with Crippen LogP contribution in [0.4, 0.5) is 0 Å². The number of pyridine rings is 2. The minimum Gasteiger partial charge on any atom is -0.305 e. The summed E-state index contributed by atoms with van der Waals surface area (Å²) in [6.45, 7) is 11.7. The maximum atomic E-state index is 4.78. The second-order valence-corrected chi connectivity index (χ2v) is 23.2. The van der Waals surface area contributed by atoms with Gasteiger partial charge >= 0.3 is 0 Å².